The third kappa shape index (κ3) is 3.38. The Morgan fingerprint density at radius 3 is 2.81 bits per heavy atom. The molecule has 1 aliphatic rings. The Labute approximate surface area is 158 Å². The van der Waals surface area contributed by atoms with Crippen molar-refractivity contribution in [3.63, 3.8) is 0 Å². The van der Waals surface area contributed by atoms with Crippen LogP contribution in [0.4, 0.5) is 15.9 Å². The van der Waals surface area contributed by atoms with Gasteiger partial charge in [0, 0.05) is 23.2 Å². The van der Waals surface area contributed by atoms with Gasteiger partial charge in [0.15, 0.2) is 0 Å². The van der Waals surface area contributed by atoms with Crippen LogP contribution in [0.25, 0.3) is 10.1 Å². The van der Waals surface area contributed by atoms with E-state index in [1.807, 2.05) is 6.07 Å². The van der Waals surface area contributed by atoms with Crippen molar-refractivity contribution < 1.29 is 13.9 Å². The molecule has 0 spiro atoms. The Kier molecular flexibility index (Phi) is 4.76. The molecule has 0 aliphatic carbocycles. The van der Waals surface area contributed by atoms with Crippen molar-refractivity contribution in [2.45, 2.75) is 0 Å². The quantitative estimate of drug-likeness (QED) is 0.727. The third-order valence-corrected chi connectivity index (χ3v) is 5.79. The summed E-state index contributed by atoms with van der Waals surface area (Å²) >= 11 is 7.46. The first-order valence-electron chi connectivity index (χ1n) is 8.09. The standard InChI is InChI=1S/C18H15ClFN3O2S/c19-16-13-3-1-11(20)9-14(13)26-17(16)18(24)22-12-2-4-15(21-10-12)23-5-7-25-8-6-23/h1-4,9-10H,5-8H2,(H,22,24). The molecule has 134 valence electrons. The second-order valence-corrected chi connectivity index (χ2v) is 7.27. The van der Waals surface area contributed by atoms with Crippen molar-refractivity contribution >= 4 is 50.4 Å². The zero-order valence-electron chi connectivity index (χ0n) is 13.7. The van der Waals surface area contributed by atoms with Crippen LogP contribution < -0.4 is 10.2 Å². The van der Waals surface area contributed by atoms with Crippen LogP contribution in [0, 0.1) is 5.82 Å². The molecule has 1 N–H and O–H groups in total. The van der Waals surface area contributed by atoms with Gasteiger partial charge in [-0.15, -0.1) is 11.3 Å². The molecule has 26 heavy (non-hydrogen) atoms. The second kappa shape index (κ2) is 7.19. The highest BCUT2D eigenvalue weighted by Crippen LogP contribution is 2.36. The first-order valence-corrected chi connectivity index (χ1v) is 9.29. The number of ether oxygens (including phenoxy) is 1. The number of morpholine rings is 1. The van der Waals surface area contributed by atoms with Gasteiger partial charge in [0.25, 0.3) is 5.91 Å². The summed E-state index contributed by atoms with van der Waals surface area (Å²) in [5, 5.41) is 3.80. The van der Waals surface area contributed by atoms with Gasteiger partial charge in [-0.3, -0.25) is 4.79 Å². The molecule has 1 aromatic carbocycles. The maximum Gasteiger partial charge on any atom is 0.267 e. The Balaban J connectivity index is 1.52. The highest BCUT2D eigenvalue weighted by atomic mass is 35.5. The molecular weight excluding hydrogens is 377 g/mol. The summed E-state index contributed by atoms with van der Waals surface area (Å²) in [5.41, 5.74) is 0.576. The molecule has 3 heterocycles. The predicted octanol–water partition coefficient (Wildman–Crippen LogP) is 4.18. The molecule has 0 radical (unpaired) electrons. The fourth-order valence-corrected chi connectivity index (χ4v) is 4.25. The van der Waals surface area contributed by atoms with Crippen LogP contribution in [-0.4, -0.2) is 37.2 Å². The minimum atomic E-state index is -0.356. The number of aromatic nitrogens is 1. The van der Waals surface area contributed by atoms with Gasteiger partial charge in [-0.25, -0.2) is 9.37 Å². The predicted molar refractivity (Wildman–Crippen MR) is 102 cm³/mol. The van der Waals surface area contributed by atoms with E-state index in [1.165, 1.54) is 12.1 Å². The maximum atomic E-state index is 13.4. The number of nitrogens with one attached hydrogen (secondary N) is 1. The average Bonchev–Trinajstić information content (AvgIpc) is 2.99. The molecule has 8 heteroatoms. The van der Waals surface area contributed by atoms with Crippen LogP contribution in [0.3, 0.4) is 0 Å². The van der Waals surface area contributed by atoms with Crippen molar-refractivity contribution in [1.82, 2.24) is 4.98 Å². The van der Waals surface area contributed by atoms with E-state index in [2.05, 4.69) is 15.2 Å². The fraction of sp³-hybridized carbons (Fsp3) is 0.222. The van der Waals surface area contributed by atoms with E-state index in [0.717, 1.165) is 30.2 Å². The smallest absolute Gasteiger partial charge is 0.267 e. The first-order chi connectivity index (χ1) is 12.6. The SMILES string of the molecule is O=C(Nc1ccc(N2CCOCC2)nc1)c1sc2cc(F)ccc2c1Cl. The number of rotatable bonds is 3. The van der Waals surface area contributed by atoms with Gasteiger partial charge in [0.1, 0.15) is 16.5 Å². The van der Waals surface area contributed by atoms with Gasteiger partial charge in [-0.2, -0.15) is 0 Å². The van der Waals surface area contributed by atoms with Gasteiger partial charge < -0.3 is 15.0 Å². The van der Waals surface area contributed by atoms with E-state index in [4.69, 9.17) is 16.3 Å². The van der Waals surface area contributed by atoms with E-state index >= 15 is 0 Å². The lowest BCUT2D eigenvalue weighted by Crippen LogP contribution is -2.36. The molecular formula is C18H15ClFN3O2S. The summed E-state index contributed by atoms with van der Waals surface area (Å²) in [4.78, 5) is 19.4. The molecule has 0 bridgehead atoms. The van der Waals surface area contributed by atoms with Crippen molar-refractivity contribution in [2.75, 3.05) is 36.5 Å². The number of pyridine rings is 1. The van der Waals surface area contributed by atoms with Crippen LogP contribution in [0.15, 0.2) is 36.5 Å². The van der Waals surface area contributed by atoms with Crippen LogP contribution in [-0.2, 0) is 4.74 Å². The fourth-order valence-electron chi connectivity index (χ4n) is 2.81. The van der Waals surface area contributed by atoms with Crippen molar-refractivity contribution in [3.05, 3.63) is 52.2 Å². The summed E-state index contributed by atoms with van der Waals surface area (Å²) in [5.74, 6) is 0.157. The lowest BCUT2D eigenvalue weighted by Gasteiger charge is -2.27. The van der Waals surface area contributed by atoms with E-state index < -0.39 is 0 Å². The van der Waals surface area contributed by atoms with E-state index in [9.17, 15) is 9.18 Å². The van der Waals surface area contributed by atoms with Gasteiger partial charge >= 0.3 is 0 Å². The number of fused-ring (bicyclic) bond motifs is 1. The number of hydrogen-bond donors (Lipinski definition) is 1. The minimum absolute atomic E-state index is 0.334. The number of thiophene rings is 1. The summed E-state index contributed by atoms with van der Waals surface area (Å²) in [7, 11) is 0. The number of carbonyl (C=O) groups excluding carboxylic acids is 1. The molecule has 2 aromatic heterocycles. The molecule has 3 aromatic rings. The Bertz CT molecular complexity index is 955. The van der Waals surface area contributed by atoms with Crippen LogP contribution in [0.5, 0.6) is 0 Å². The normalized spacial score (nSPS) is 14.6. The van der Waals surface area contributed by atoms with Crippen molar-refractivity contribution in [2.24, 2.45) is 0 Å². The van der Waals surface area contributed by atoms with Gasteiger partial charge in [0.05, 0.1) is 30.1 Å². The third-order valence-electron chi connectivity index (χ3n) is 4.14. The Morgan fingerprint density at radius 2 is 2.08 bits per heavy atom. The number of benzene rings is 1. The molecule has 1 fully saturated rings. The Morgan fingerprint density at radius 1 is 1.27 bits per heavy atom. The maximum absolute atomic E-state index is 13.4. The number of amides is 1. The zero-order valence-corrected chi connectivity index (χ0v) is 15.2. The van der Waals surface area contributed by atoms with E-state index in [1.54, 1.807) is 18.3 Å². The van der Waals surface area contributed by atoms with Crippen LogP contribution in [0.1, 0.15) is 9.67 Å². The van der Waals surface area contributed by atoms with Crippen LogP contribution in [0.2, 0.25) is 5.02 Å². The summed E-state index contributed by atoms with van der Waals surface area (Å²) in [6, 6.07) is 7.95. The van der Waals surface area contributed by atoms with E-state index in [0.29, 0.717) is 38.9 Å². The van der Waals surface area contributed by atoms with Gasteiger partial charge in [-0.1, -0.05) is 11.6 Å². The topological polar surface area (TPSA) is 54.5 Å². The lowest BCUT2D eigenvalue weighted by atomic mass is 10.2. The zero-order chi connectivity index (χ0) is 18.1. The van der Waals surface area contributed by atoms with Gasteiger partial charge in [-0.05, 0) is 30.3 Å². The number of nitrogens with zero attached hydrogens (tertiary/aromatic N) is 2. The molecule has 1 amide bonds. The largest absolute Gasteiger partial charge is 0.378 e. The van der Waals surface area contributed by atoms with Crippen molar-refractivity contribution in [3.8, 4) is 0 Å². The van der Waals surface area contributed by atoms with Gasteiger partial charge in [0.2, 0.25) is 0 Å². The molecule has 1 saturated heterocycles. The van der Waals surface area contributed by atoms with E-state index in [-0.39, 0.29) is 11.7 Å². The summed E-state index contributed by atoms with van der Waals surface area (Å²) in [6.07, 6.45) is 1.61. The molecule has 0 saturated carbocycles. The molecule has 5 nitrogen and oxygen atoms in total. The highest BCUT2D eigenvalue weighted by molar-refractivity contribution is 7.21. The first kappa shape index (κ1) is 17.2. The van der Waals surface area contributed by atoms with Crippen LogP contribution >= 0.6 is 22.9 Å². The molecule has 1 aliphatic heterocycles. The number of hydrogen-bond acceptors (Lipinski definition) is 5. The number of anilines is 2. The average molecular weight is 392 g/mol. The monoisotopic (exact) mass is 391 g/mol. The second-order valence-electron chi connectivity index (χ2n) is 5.84. The van der Waals surface area contributed by atoms with Crippen molar-refractivity contribution in [1.29, 1.82) is 0 Å². The number of halogens is 2. The summed E-state index contributed by atoms with van der Waals surface area (Å²) in [6.45, 7) is 2.97. The minimum Gasteiger partial charge on any atom is -0.378 e. The Hall–Kier alpha value is -2.22. The molecule has 0 atom stereocenters. The highest BCUT2D eigenvalue weighted by Gasteiger charge is 2.18. The molecule has 0 unspecified atom stereocenters. The number of carbonyl (C=O) groups is 1. The lowest BCUT2D eigenvalue weighted by molar-refractivity contribution is 0.103. The molecule has 4 rings (SSSR count). The summed E-state index contributed by atoms with van der Waals surface area (Å²) < 4.78 is 19.3.